The Labute approximate surface area is 139 Å². The number of fused-ring (bicyclic) bond motifs is 1. The van der Waals surface area contributed by atoms with Crippen molar-refractivity contribution in [1.82, 2.24) is 0 Å². The van der Waals surface area contributed by atoms with Crippen LogP contribution < -0.4 is 4.57 Å². The molecule has 0 bridgehead atoms. The van der Waals surface area contributed by atoms with E-state index in [1.54, 1.807) is 0 Å². The van der Waals surface area contributed by atoms with E-state index < -0.39 is 20.8 Å². The molecular weight excluding hydrogens is 334 g/mol. The summed E-state index contributed by atoms with van der Waals surface area (Å²) in [6.45, 7) is 3.66. The number of aromatic nitrogens is 1. The number of rotatable bonds is 1. The summed E-state index contributed by atoms with van der Waals surface area (Å²) in [4.78, 5) is -0.567. The van der Waals surface area contributed by atoms with Crippen LogP contribution in [0.4, 0.5) is 0 Å². The normalized spacial score (nSPS) is 11.1. The molecule has 0 amide bonds. The van der Waals surface area contributed by atoms with E-state index >= 15 is 0 Å². The Morgan fingerprint density at radius 2 is 1.74 bits per heavy atom. The average molecular weight is 351 g/mol. The molecule has 2 aromatic carbocycles. The molecule has 0 saturated carbocycles. The van der Waals surface area contributed by atoms with Crippen LogP contribution in [0.1, 0.15) is 10.6 Å². The maximum Gasteiger partial charge on any atom is 0.234 e. The van der Waals surface area contributed by atoms with Gasteiger partial charge in [0.25, 0.3) is 0 Å². The molecule has 7 heteroatoms. The Morgan fingerprint density at radius 3 is 2.30 bits per heavy atom. The van der Waals surface area contributed by atoms with Crippen LogP contribution in [0.25, 0.3) is 10.2 Å². The number of nitrogens with zero attached hydrogens (tertiary/aromatic N) is 1. The van der Waals surface area contributed by atoms with E-state index in [2.05, 4.69) is 42.8 Å². The summed E-state index contributed by atoms with van der Waals surface area (Å²) in [5.74, 6) is -0.465. The first kappa shape index (κ1) is 17.4. The zero-order valence-electron chi connectivity index (χ0n) is 13.0. The summed E-state index contributed by atoms with van der Waals surface area (Å²) in [6.07, 6.45) is 0. The Morgan fingerprint density at radius 1 is 1.09 bits per heavy atom. The third-order valence-corrected chi connectivity index (χ3v) is 5.43. The predicted octanol–water partition coefficient (Wildman–Crippen LogP) is 2.64. The van der Waals surface area contributed by atoms with Crippen molar-refractivity contribution in [3.8, 4) is 5.75 Å². The van der Waals surface area contributed by atoms with Crippen LogP contribution >= 0.6 is 11.3 Å². The molecule has 0 unspecified atom stereocenters. The molecule has 3 aromatic rings. The molecule has 1 aromatic heterocycles. The Balaban J connectivity index is 0.000000167. The van der Waals surface area contributed by atoms with Gasteiger partial charge in [-0.15, -0.1) is 0 Å². The fourth-order valence-corrected chi connectivity index (χ4v) is 3.70. The quantitative estimate of drug-likeness (QED) is 0.540. The van der Waals surface area contributed by atoms with Gasteiger partial charge < -0.3 is 9.66 Å². The smallest absolute Gasteiger partial charge is 0.234 e. The summed E-state index contributed by atoms with van der Waals surface area (Å²) in [7, 11) is -2.45. The van der Waals surface area contributed by atoms with Gasteiger partial charge in [0.2, 0.25) is 10.5 Å². The predicted molar refractivity (Wildman–Crippen MR) is 88.5 cm³/mol. The number of aromatic hydroxyl groups is 1. The van der Waals surface area contributed by atoms with E-state index in [4.69, 9.17) is 5.11 Å². The van der Waals surface area contributed by atoms with E-state index in [1.807, 2.05) is 11.3 Å². The fourth-order valence-electron chi connectivity index (χ4n) is 2.05. The summed E-state index contributed by atoms with van der Waals surface area (Å²) >= 11 is 1.84. The molecule has 0 fully saturated rings. The van der Waals surface area contributed by atoms with Crippen molar-refractivity contribution in [1.29, 1.82) is 0 Å². The van der Waals surface area contributed by atoms with Gasteiger partial charge in [-0.05, 0) is 24.6 Å². The molecule has 0 spiro atoms. The Hall–Kier alpha value is -1.96. The first-order valence-corrected chi connectivity index (χ1v) is 9.03. The summed E-state index contributed by atoms with van der Waals surface area (Å²) in [5, 5.41) is 10.5. The molecule has 0 aliphatic heterocycles. The third kappa shape index (κ3) is 3.87. The summed E-state index contributed by atoms with van der Waals surface area (Å²) in [5.41, 5.74) is 1.70. The van der Waals surface area contributed by atoms with Gasteiger partial charge in [-0.1, -0.05) is 35.6 Å². The van der Waals surface area contributed by atoms with Gasteiger partial charge in [0.1, 0.15) is 27.6 Å². The van der Waals surface area contributed by atoms with Gasteiger partial charge in [0.15, 0.2) is 0 Å². The number of hydrogen-bond donors (Lipinski definition) is 1. The highest BCUT2D eigenvalue weighted by Gasteiger charge is 2.10. The topological polar surface area (TPSA) is 81.3 Å². The van der Waals surface area contributed by atoms with Crippen LogP contribution in [0, 0.1) is 13.8 Å². The van der Waals surface area contributed by atoms with Crippen molar-refractivity contribution in [3.05, 3.63) is 53.0 Å². The second-order valence-corrected chi connectivity index (χ2v) is 7.61. The molecule has 122 valence electrons. The van der Waals surface area contributed by atoms with Gasteiger partial charge in [0, 0.05) is 13.0 Å². The van der Waals surface area contributed by atoms with Crippen LogP contribution in [0.2, 0.25) is 0 Å². The molecular formula is C16H17NO4S2. The highest BCUT2D eigenvalue weighted by molar-refractivity contribution is 7.85. The number of para-hydroxylation sites is 2. The van der Waals surface area contributed by atoms with Crippen molar-refractivity contribution in [2.45, 2.75) is 18.7 Å². The largest absolute Gasteiger partial charge is 0.744 e. The zero-order valence-corrected chi connectivity index (χ0v) is 14.6. The van der Waals surface area contributed by atoms with Gasteiger partial charge >= 0.3 is 0 Å². The van der Waals surface area contributed by atoms with E-state index in [1.165, 1.54) is 34.3 Å². The second-order valence-electron chi connectivity index (χ2n) is 5.02. The lowest BCUT2D eigenvalue weighted by Gasteiger charge is -2.09. The fraction of sp³-hybridized carbons (Fsp3) is 0.188. The first-order chi connectivity index (χ1) is 10.7. The number of phenols is 1. The van der Waals surface area contributed by atoms with Gasteiger partial charge in [-0.25, -0.2) is 8.42 Å². The SMILES string of the molecule is Cc1cccc(S(=O)(=O)[O-])c1O.Cc1sc2ccccc2[n+]1C. The molecule has 0 aliphatic carbocycles. The highest BCUT2D eigenvalue weighted by Crippen LogP contribution is 2.25. The minimum absolute atomic E-state index is 0.368. The molecule has 0 radical (unpaired) electrons. The molecule has 0 saturated heterocycles. The molecule has 23 heavy (non-hydrogen) atoms. The lowest BCUT2D eigenvalue weighted by atomic mass is 10.2. The van der Waals surface area contributed by atoms with Crippen LogP contribution in [-0.4, -0.2) is 18.1 Å². The minimum Gasteiger partial charge on any atom is -0.744 e. The van der Waals surface area contributed by atoms with Gasteiger partial charge in [-0.2, -0.15) is 4.57 Å². The molecule has 0 aliphatic rings. The monoisotopic (exact) mass is 351 g/mol. The van der Waals surface area contributed by atoms with Crippen LogP contribution in [0.3, 0.4) is 0 Å². The third-order valence-electron chi connectivity index (χ3n) is 3.43. The lowest BCUT2D eigenvalue weighted by molar-refractivity contribution is -0.646. The Bertz CT molecular complexity index is 946. The lowest BCUT2D eigenvalue weighted by Crippen LogP contribution is -2.28. The number of phenolic OH excluding ortho intramolecular Hbond substituents is 1. The molecule has 0 atom stereocenters. The second kappa shape index (κ2) is 6.66. The van der Waals surface area contributed by atoms with Crippen molar-refractivity contribution >= 4 is 31.7 Å². The molecule has 1 heterocycles. The standard InChI is InChI=1S/C9H10NS.C7H8O4S/c1-7-10(2)8-5-3-4-6-9(8)11-7;1-5-3-2-4-6(7(5)8)12(9,10)11/h3-6H,1-2H3;2-4,8H,1H3,(H,9,10,11)/q+1;/p-1. The van der Waals surface area contributed by atoms with Crippen LogP contribution in [0.5, 0.6) is 5.75 Å². The number of aryl methyl sites for hydroxylation is 3. The summed E-state index contributed by atoms with van der Waals surface area (Å²) in [6, 6.07) is 12.5. The molecule has 3 rings (SSSR count). The number of thiazole rings is 1. The minimum atomic E-state index is -4.56. The highest BCUT2D eigenvalue weighted by atomic mass is 32.2. The summed E-state index contributed by atoms with van der Waals surface area (Å²) < 4.78 is 35.1. The maximum absolute atomic E-state index is 10.5. The van der Waals surface area contributed by atoms with E-state index in [-0.39, 0.29) is 0 Å². The van der Waals surface area contributed by atoms with E-state index in [0.29, 0.717) is 5.56 Å². The van der Waals surface area contributed by atoms with E-state index in [0.717, 1.165) is 6.07 Å². The number of hydrogen-bond acceptors (Lipinski definition) is 5. The zero-order chi connectivity index (χ0) is 17.2. The van der Waals surface area contributed by atoms with Crippen molar-refractivity contribution in [2.75, 3.05) is 0 Å². The first-order valence-electron chi connectivity index (χ1n) is 6.80. The molecule has 5 nitrogen and oxygen atoms in total. The average Bonchev–Trinajstić information content (AvgIpc) is 2.77. The van der Waals surface area contributed by atoms with Crippen molar-refractivity contribution in [2.24, 2.45) is 7.05 Å². The van der Waals surface area contributed by atoms with E-state index in [9.17, 15) is 13.0 Å². The maximum atomic E-state index is 10.5. The molecule has 1 N–H and O–H groups in total. The Kier molecular flexibility index (Phi) is 5.03. The van der Waals surface area contributed by atoms with Crippen molar-refractivity contribution in [3.63, 3.8) is 0 Å². The number of benzene rings is 2. The van der Waals surface area contributed by atoms with Gasteiger partial charge in [0.05, 0.1) is 4.90 Å². The van der Waals surface area contributed by atoms with Gasteiger partial charge in [-0.3, -0.25) is 0 Å². The van der Waals surface area contributed by atoms with Crippen molar-refractivity contribution < 1.29 is 22.6 Å². The van der Waals surface area contributed by atoms with Crippen LogP contribution in [0.15, 0.2) is 47.4 Å². The van der Waals surface area contributed by atoms with Crippen LogP contribution in [-0.2, 0) is 17.2 Å².